The third kappa shape index (κ3) is 3.48. The molecule has 0 atom stereocenters. The Morgan fingerprint density at radius 2 is 1.75 bits per heavy atom. The fourth-order valence-electron chi connectivity index (χ4n) is 3.71. The fraction of sp³-hybridized carbons (Fsp3) is 0.286. The van der Waals surface area contributed by atoms with E-state index in [9.17, 15) is 0 Å². The van der Waals surface area contributed by atoms with Crippen molar-refractivity contribution in [3.05, 3.63) is 66.5 Å². The largest absolute Gasteiger partial charge is 0.341 e. The molecule has 0 spiro atoms. The average molecular weight is 373 g/mol. The molecule has 0 unspecified atom stereocenters. The maximum Gasteiger partial charge on any atom is 0.203 e. The zero-order valence-corrected chi connectivity index (χ0v) is 15.7. The highest BCUT2D eigenvalue weighted by atomic mass is 15.5. The molecule has 5 rings (SSSR count). The number of fused-ring (bicyclic) bond motifs is 1. The number of rotatable bonds is 4. The van der Waals surface area contributed by atoms with E-state index in [2.05, 4.69) is 37.1 Å². The Bertz CT molecular complexity index is 1020. The second kappa shape index (κ2) is 7.44. The van der Waals surface area contributed by atoms with Crippen molar-refractivity contribution in [1.29, 1.82) is 0 Å². The van der Waals surface area contributed by atoms with Crippen LogP contribution in [0.15, 0.2) is 60.8 Å². The zero-order chi connectivity index (χ0) is 18.8. The second-order valence-corrected chi connectivity index (χ2v) is 7.16. The molecule has 142 valence electrons. The molecule has 0 saturated carbocycles. The van der Waals surface area contributed by atoms with Crippen LogP contribution in [0.25, 0.3) is 16.7 Å². The first kappa shape index (κ1) is 16.9. The lowest BCUT2D eigenvalue weighted by Gasteiger charge is -2.20. The molecule has 1 fully saturated rings. The summed E-state index contributed by atoms with van der Waals surface area (Å²) in [6, 6.07) is 18.2. The number of nitrogens with one attached hydrogen (secondary N) is 1. The van der Waals surface area contributed by atoms with Gasteiger partial charge in [-0.3, -0.25) is 4.90 Å². The lowest BCUT2D eigenvalue weighted by molar-refractivity contribution is 0.281. The van der Waals surface area contributed by atoms with Gasteiger partial charge in [0.25, 0.3) is 0 Å². The van der Waals surface area contributed by atoms with E-state index in [0.717, 1.165) is 67.5 Å². The van der Waals surface area contributed by atoms with Crippen LogP contribution in [0, 0.1) is 0 Å². The Morgan fingerprint density at radius 1 is 0.893 bits per heavy atom. The third-order valence-corrected chi connectivity index (χ3v) is 5.18. The second-order valence-electron chi connectivity index (χ2n) is 7.16. The number of anilines is 1. The van der Waals surface area contributed by atoms with Gasteiger partial charge in [-0.25, -0.2) is 4.98 Å². The molecule has 2 aromatic heterocycles. The molecule has 3 heterocycles. The number of aromatic amines is 1. The van der Waals surface area contributed by atoms with Crippen molar-refractivity contribution in [1.82, 2.24) is 29.9 Å². The molecular weight excluding hydrogens is 350 g/mol. The van der Waals surface area contributed by atoms with Gasteiger partial charge in [0.05, 0.1) is 28.6 Å². The molecule has 0 bridgehead atoms. The summed E-state index contributed by atoms with van der Waals surface area (Å²) in [7, 11) is 0. The van der Waals surface area contributed by atoms with Crippen LogP contribution in [-0.2, 0) is 6.54 Å². The van der Waals surface area contributed by atoms with Gasteiger partial charge in [-0.05, 0) is 30.7 Å². The van der Waals surface area contributed by atoms with Gasteiger partial charge < -0.3 is 9.88 Å². The standard InChI is InChI=1S/C21H23N7/c1-2-7-18(8-3-1)28-22-15-17(25-28)16-26-11-6-12-27(14-13-26)21-23-19-9-4-5-10-20(19)24-21/h1-5,7-10,15H,6,11-14,16H2,(H,23,24). The van der Waals surface area contributed by atoms with Crippen molar-refractivity contribution in [2.75, 3.05) is 31.1 Å². The molecule has 0 amide bonds. The van der Waals surface area contributed by atoms with E-state index in [4.69, 9.17) is 4.98 Å². The van der Waals surface area contributed by atoms with Crippen molar-refractivity contribution < 1.29 is 0 Å². The van der Waals surface area contributed by atoms with E-state index in [-0.39, 0.29) is 0 Å². The Morgan fingerprint density at radius 3 is 2.64 bits per heavy atom. The van der Waals surface area contributed by atoms with Crippen LogP contribution in [0.1, 0.15) is 12.1 Å². The number of imidazole rings is 1. The first-order chi connectivity index (χ1) is 13.8. The topological polar surface area (TPSA) is 65.9 Å². The van der Waals surface area contributed by atoms with Crippen LogP contribution in [0.3, 0.4) is 0 Å². The van der Waals surface area contributed by atoms with Gasteiger partial charge in [-0.15, -0.1) is 0 Å². The Hall–Kier alpha value is -3.19. The van der Waals surface area contributed by atoms with Gasteiger partial charge in [0, 0.05) is 32.7 Å². The molecule has 28 heavy (non-hydrogen) atoms. The number of benzene rings is 2. The van der Waals surface area contributed by atoms with E-state index in [0.29, 0.717) is 0 Å². The molecule has 0 aliphatic carbocycles. The molecular formula is C21H23N7. The maximum atomic E-state index is 4.75. The van der Waals surface area contributed by atoms with Gasteiger partial charge in [0.2, 0.25) is 5.95 Å². The Kier molecular flexibility index (Phi) is 4.50. The van der Waals surface area contributed by atoms with Gasteiger partial charge >= 0.3 is 0 Å². The van der Waals surface area contributed by atoms with Crippen molar-refractivity contribution in [2.24, 2.45) is 0 Å². The van der Waals surface area contributed by atoms with E-state index in [1.54, 1.807) is 4.80 Å². The summed E-state index contributed by atoms with van der Waals surface area (Å²) in [5.41, 5.74) is 4.11. The smallest absolute Gasteiger partial charge is 0.203 e. The van der Waals surface area contributed by atoms with Crippen molar-refractivity contribution >= 4 is 17.0 Å². The van der Waals surface area contributed by atoms with Gasteiger partial charge in [-0.2, -0.15) is 15.0 Å². The summed E-state index contributed by atoms with van der Waals surface area (Å²) < 4.78 is 0. The van der Waals surface area contributed by atoms with Gasteiger partial charge in [-0.1, -0.05) is 30.3 Å². The first-order valence-corrected chi connectivity index (χ1v) is 9.74. The van der Waals surface area contributed by atoms with E-state index in [1.165, 1.54) is 0 Å². The van der Waals surface area contributed by atoms with Crippen molar-refractivity contribution in [3.63, 3.8) is 0 Å². The van der Waals surface area contributed by atoms with Gasteiger partial charge in [0.15, 0.2) is 0 Å². The minimum Gasteiger partial charge on any atom is -0.341 e. The lowest BCUT2D eigenvalue weighted by atomic mass is 10.3. The van der Waals surface area contributed by atoms with Crippen LogP contribution in [0.4, 0.5) is 5.95 Å². The number of nitrogens with zero attached hydrogens (tertiary/aromatic N) is 6. The quantitative estimate of drug-likeness (QED) is 0.596. The molecule has 7 nitrogen and oxygen atoms in total. The van der Waals surface area contributed by atoms with Crippen LogP contribution >= 0.6 is 0 Å². The lowest BCUT2D eigenvalue weighted by Crippen LogP contribution is -2.31. The first-order valence-electron chi connectivity index (χ1n) is 9.74. The zero-order valence-electron chi connectivity index (χ0n) is 15.7. The number of hydrogen-bond acceptors (Lipinski definition) is 5. The number of H-pyrrole nitrogens is 1. The summed E-state index contributed by atoms with van der Waals surface area (Å²) >= 11 is 0. The summed E-state index contributed by atoms with van der Waals surface area (Å²) in [5, 5.41) is 9.06. The number of hydrogen-bond donors (Lipinski definition) is 1. The summed E-state index contributed by atoms with van der Waals surface area (Å²) in [6.07, 6.45) is 2.97. The summed E-state index contributed by atoms with van der Waals surface area (Å²) in [4.78, 5) is 14.7. The Balaban J connectivity index is 1.24. The average Bonchev–Trinajstić information content (AvgIpc) is 3.31. The monoisotopic (exact) mass is 373 g/mol. The van der Waals surface area contributed by atoms with Crippen molar-refractivity contribution in [2.45, 2.75) is 13.0 Å². The highest BCUT2D eigenvalue weighted by Gasteiger charge is 2.18. The summed E-state index contributed by atoms with van der Waals surface area (Å²) in [6.45, 7) is 4.81. The van der Waals surface area contributed by atoms with Crippen LogP contribution in [0.5, 0.6) is 0 Å². The molecule has 1 aliphatic heterocycles. The molecule has 1 saturated heterocycles. The highest BCUT2D eigenvalue weighted by Crippen LogP contribution is 2.19. The highest BCUT2D eigenvalue weighted by molar-refractivity contribution is 5.77. The molecule has 4 aromatic rings. The van der Waals surface area contributed by atoms with Crippen LogP contribution in [0.2, 0.25) is 0 Å². The molecule has 1 aliphatic rings. The van der Waals surface area contributed by atoms with Crippen molar-refractivity contribution in [3.8, 4) is 5.69 Å². The predicted octanol–water partition coefficient (Wildman–Crippen LogP) is 2.86. The molecule has 7 heteroatoms. The van der Waals surface area contributed by atoms with Crippen LogP contribution < -0.4 is 4.90 Å². The summed E-state index contributed by atoms with van der Waals surface area (Å²) in [5.74, 6) is 0.970. The number of para-hydroxylation sites is 3. The molecule has 1 N–H and O–H groups in total. The van der Waals surface area contributed by atoms with Gasteiger partial charge in [0.1, 0.15) is 0 Å². The van der Waals surface area contributed by atoms with E-state index >= 15 is 0 Å². The predicted molar refractivity (Wildman–Crippen MR) is 110 cm³/mol. The normalized spacial score (nSPS) is 15.8. The minimum absolute atomic E-state index is 0.820. The third-order valence-electron chi connectivity index (χ3n) is 5.18. The SMILES string of the molecule is c1ccc(-n2ncc(CN3CCCN(c4nc5ccccc5[nH]4)CC3)n2)cc1. The minimum atomic E-state index is 0.820. The number of aromatic nitrogens is 5. The molecule has 0 radical (unpaired) electrons. The van der Waals surface area contributed by atoms with E-state index < -0.39 is 0 Å². The fourth-order valence-corrected chi connectivity index (χ4v) is 3.71. The molecule has 2 aromatic carbocycles. The van der Waals surface area contributed by atoms with Crippen LogP contribution in [-0.4, -0.2) is 56.0 Å². The Labute approximate surface area is 163 Å². The van der Waals surface area contributed by atoms with E-state index in [1.807, 2.05) is 48.7 Å². The maximum absolute atomic E-state index is 4.75.